The highest BCUT2D eigenvalue weighted by Gasteiger charge is 2.14. The zero-order chi connectivity index (χ0) is 12.2. The lowest BCUT2D eigenvalue weighted by Gasteiger charge is -2.17. The largest absolute Gasteiger partial charge is 0.386 e. The molecule has 0 atom stereocenters. The van der Waals surface area contributed by atoms with Crippen LogP contribution in [0.3, 0.4) is 0 Å². The summed E-state index contributed by atoms with van der Waals surface area (Å²) in [5.41, 5.74) is 1.10. The Morgan fingerprint density at radius 2 is 1.88 bits per heavy atom. The van der Waals surface area contributed by atoms with E-state index in [1.807, 2.05) is 31.2 Å². The van der Waals surface area contributed by atoms with Gasteiger partial charge < -0.3 is 10.4 Å². The van der Waals surface area contributed by atoms with Crippen LogP contribution in [0.4, 0.5) is 0 Å². The number of carbonyl (C=O) groups excluding carboxylic acids is 1. The zero-order valence-electron chi connectivity index (χ0n) is 10.1. The van der Waals surface area contributed by atoms with Crippen LogP contribution in [0.2, 0.25) is 0 Å². The average molecular weight is 221 g/mol. The van der Waals surface area contributed by atoms with E-state index in [0.717, 1.165) is 11.1 Å². The van der Waals surface area contributed by atoms with Crippen LogP contribution in [-0.4, -0.2) is 11.0 Å². The summed E-state index contributed by atoms with van der Waals surface area (Å²) < 4.78 is 0. The SMILES string of the molecule is CCC(=O)NCc1ccc(C(C)(C)O)cc1. The van der Waals surface area contributed by atoms with Gasteiger partial charge in [-0.25, -0.2) is 0 Å². The van der Waals surface area contributed by atoms with Gasteiger partial charge in [-0.1, -0.05) is 31.2 Å². The molecule has 0 saturated carbocycles. The summed E-state index contributed by atoms with van der Waals surface area (Å²) in [5, 5.41) is 12.6. The van der Waals surface area contributed by atoms with E-state index >= 15 is 0 Å². The summed E-state index contributed by atoms with van der Waals surface area (Å²) in [7, 11) is 0. The normalized spacial score (nSPS) is 11.2. The molecule has 1 rings (SSSR count). The van der Waals surface area contributed by atoms with Crippen LogP contribution in [0.5, 0.6) is 0 Å². The number of hydrogen-bond acceptors (Lipinski definition) is 2. The van der Waals surface area contributed by atoms with Crippen molar-refractivity contribution >= 4 is 5.91 Å². The second kappa shape index (κ2) is 5.12. The number of aliphatic hydroxyl groups is 1. The van der Waals surface area contributed by atoms with Crippen LogP contribution in [0.25, 0.3) is 0 Å². The highest BCUT2D eigenvalue weighted by molar-refractivity contribution is 5.75. The molecule has 0 radical (unpaired) electrons. The lowest BCUT2D eigenvalue weighted by molar-refractivity contribution is -0.120. The maximum Gasteiger partial charge on any atom is 0.219 e. The summed E-state index contributed by atoms with van der Waals surface area (Å²) in [6, 6.07) is 7.60. The molecule has 0 aliphatic rings. The molecule has 2 N–H and O–H groups in total. The van der Waals surface area contributed by atoms with E-state index in [1.54, 1.807) is 13.8 Å². The minimum Gasteiger partial charge on any atom is -0.386 e. The van der Waals surface area contributed by atoms with Gasteiger partial charge in [-0.3, -0.25) is 4.79 Å². The van der Waals surface area contributed by atoms with Gasteiger partial charge in [-0.15, -0.1) is 0 Å². The van der Waals surface area contributed by atoms with Crippen molar-refractivity contribution in [1.82, 2.24) is 5.32 Å². The van der Waals surface area contributed by atoms with E-state index < -0.39 is 5.60 Å². The van der Waals surface area contributed by atoms with E-state index in [1.165, 1.54) is 0 Å². The number of rotatable bonds is 4. The fraction of sp³-hybridized carbons (Fsp3) is 0.462. The number of hydrogen-bond donors (Lipinski definition) is 2. The fourth-order valence-corrected chi connectivity index (χ4v) is 1.36. The molecule has 0 fully saturated rings. The lowest BCUT2D eigenvalue weighted by Crippen LogP contribution is -2.21. The average Bonchev–Trinajstić information content (AvgIpc) is 2.25. The standard InChI is InChI=1S/C13H19NO2/c1-4-12(15)14-9-10-5-7-11(8-6-10)13(2,3)16/h5-8,16H,4,9H2,1-3H3,(H,14,15). The second-order valence-electron chi connectivity index (χ2n) is 4.39. The molecular formula is C13H19NO2. The molecule has 0 spiro atoms. The molecule has 1 amide bonds. The maximum atomic E-state index is 11.1. The Morgan fingerprint density at radius 3 is 2.31 bits per heavy atom. The van der Waals surface area contributed by atoms with E-state index in [4.69, 9.17) is 0 Å². The molecule has 0 heterocycles. The summed E-state index contributed by atoms with van der Waals surface area (Å²) >= 11 is 0. The van der Waals surface area contributed by atoms with Crippen molar-refractivity contribution in [2.24, 2.45) is 0 Å². The second-order valence-corrected chi connectivity index (χ2v) is 4.39. The van der Waals surface area contributed by atoms with Gasteiger partial charge in [-0.2, -0.15) is 0 Å². The Hall–Kier alpha value is -1.35. The van der Waals surface area contributed by atoms with Crippen molar-refractivity contribution in [3.63, 3.8) is 0 Å². The molecular weight excluding hydrogens is 202 g/mol. The Morgan fingerprint density at radius 1 is 1.31 bits per heavy atom. The highest BCUT2D eigenvalue weighted by Crippen LogP contribution is 2.19. The summed E-state index contributed by atoms with van der Waals surface area (Å²) in [6.07, 6.45) is 0.502. The summed E-state index contributed by atoms with van der Waals surface area (Å²) in [5.74, 6) is 0.0477. The predicted octanol–water partition coefficient (Wildman–Crippen LogP) is 1.94. The molecule has 0 bridgehead atoms. The third kappa shape index (κ3) is 3.66. The zero-order valence-corrected chi connectivity index (χ0v) is 10.1. The van der Waals surface area contributed by atoms with Gasteiger partial charge in [0.25, 0.3) is 0 Å². The molecule has 0 saturated heterocycles. The van der Waals surface area contributed by atoms with Crippen LogP contribution >= 0.6 is 0 Å². The van der Waals surface area contributed by atoms with Crippen molar-refractivity contribution in [3.8, 4) is 0 Å². The van der Waals surface area contributed by atoms with Gasteiger partial charge >= 0.3 is 0 Å². The molecule has 88 valence electrons. The Labute approximate surface area is 96.5 Å². The van der Waals surface area contributed by atoms with E-state index in [0.29, 0.717) is 13.0 Å². The van der Waals surface area contributed by atoms with Crippen LogP contribution < -0.4 is 5.32 Å². The van der Waals surface area contributed by atoms with E-state index in [9.17, 15) is 9.90 Å². The van der Waals surface area contributed by atoms with E-state index in [2.05, 4.69) is 5.32 Å². The van der Waals surface area contributed by atoms with Gasteiger partial charge in [0.1, 0.15) is 0 Å². The van der Waals surface area contributed by atoms with Gasteiger partial charge in [-0.05, 0) is 25.0 Å². The van der Waals surface area contributed by atoms with Crippen molar-refractivity contribution in [2.45, 2.75) is 39.3 Å². The van der Waals surface area contributed by atoms with Gasteiger partial charge in [0, 0.05) is 13.0 Å². The van der Waals surface area contributed by atoms with Gasteiger partial charge in [0.05, 0.1) is 5.60 Å². The third-order valence-corrected chi connectivity index (χ3v) is 2.47. The monoisotopic (exact) mass is 221 g/mol. The lowest BCUT2D eigenvalue weighted by atomic mass is 9.97. The number of amides is 1. The first-order valence-corrected chi connectivity index (χ1v) is 5.52. The molecule has 16 heavy (non-hydrogen) atoms. The van der Waals surface area contributed by atoms with Crippen molar-refractivity contribution in [1.29, 1.82) is 0 Å². The van der Waals surface area contributed by atoms with Crippen LogP contribution in [-0.2, 0) is 16.9 Å². The molecule has 0 aliphatic heterocycles. The Kier molecular flexibility index (Phi) is 4.07. The summed E-state index contributed by atoms with van der Waals surface area (Å²) in [4.78, 5) is 11.1. The predicted molar refractivity (Wildman–Crippen MR) is 63.8 cm³/mol. The smallest absolute Gasteiger partial charge is 0.219 e. The van der Waals surface area contributed by atoms with Crippen LogP contribution in [0, 0.1) is 0 Å². The highest BCUT2D eigenvalue weighted by atomic mass is 16.3. The number of nitrogens with one attached hydrogen (secondary N) is 1. The minimum absolute atomic E-state index is 0.0477. The summed E-state index contributed by atoms with van der Waals surface area (Å²) in [6.45, 7) is 5.87. The molecule has 0 aliphatic carbocycles. The topological polar surface area (TPSA) is 49.3 Å². The third-order valence-electron chi connectivity index (χ3n) is 2.47. The fourth-order valence-electron chi connectivity index (χ4n) is 1.36. The van der Waals surface area contributed by atoms with E-state index in [-0.39, 0.29) is 5.91 Å². The molecule has 1 aromatic carbocycles. The molecule has 3 nitrogen and oxygen atoms in total. The quantitative estimate of drug-likeness (QED) is 0.816. The first kappa shape index (κ1) is 12.7. The van der Waals surface area contributed by atoms with Crippen molar-refractivity contribution < 1.29 is 9.90 Å². The molecule has 3 heteroatoms. The Bertz CT molecular complexity index is 349. The number of benzene rings is 1. The van der Waals surface area contributed by atoms with Gasteiger partial charge in [0.2, 0.25) is 5.91 Å². The maximum absolute atomic E-state index is 11.1. The first-order chi connectivity index (χ1) is 7.43. The molecule has 0 unspecified atom stereocenters. The first-order valence-electron chi connectivity index (χ1n) is 5.52. The number of carbonyl (C=O) groups is 1. The minimum atomic E-state index is -0.814. The van der Waals surface area contributed by atoms with Gasteiger partial charge in [0.15, 0.2) is 0 Å². The molecule has 1 aromatic rings. The van der Waals surface area contributed by atoms with Crippen LogP contribution in [0.15, 0.2) is 24.3 Å². The molecule has 0 aromatic heterocycles. The van der Waals surface area contributed by atoms with Crippen molar-refractivity contribution in [3.05, 3.63) is 35.4 Å². The van der Waals surface area contributed by atoms with Crippen LogP contribution in [0.1, 0.15) is 38.3 Å². The van der Waals surface area contributed by atoms with Crippen molar-refractivity contribution in [2.75, 3.05) is 0 Å². The Balaban J connectivity index is 2.62.